The summed E-state index contributed by atoms with van der Waals surface area (Å²) in [7, 11) is 0. The Hall–Kier alpha value is -3.75. The van der Waals surface area contributed by atoms with Crippen molar-refractivity contribution in [2.24, 2.45) is 0 Å². The van der Waals surface area contributed by atoms with Crippen LogP contribution in [0.4, 0.5) is 5.69 Å². The van der Waals surface area contributed by atoms with E-state index in [1.54, 1.807) is 30.0 Å². The van der Waals surface area contributed by atoms with Crippen molar-refractivity contribution in [3.63, 3.8) is 0 Å². The largest absolute Gasteiger partial charge is 0.462 e. The molecule has 0 atom stereocenters. The highest BCUT2D eigenvalue weighted by Gasteiger charge is 2.30. The SMILES string of the molecule is CCOC(=O)c1c(N2CCN(C(=O)c3ccco3)CC2)c2cc(C)ccc2n(N)c1=O. The lowest BCUT2D eigenvalue weighted by atomic mass is 10.0. The smallest absolute Gasteiger partial charge is 0.346 e. The van der Waals surface area contributed by atoms with Crippen molar-refractivity contribution < 1.29 is 18.7 Å². The summed E-state index contributed by atoms with van der Waals surface area (Å²) in [4.78, 5) is 42.0. The molecule has 162 valence electrons. The van der Waals surface area contributed by atoms with Crippen molar-refractivity contribution in [3.05, 3.63) is 63.8 Å². The molecule has 0 aliphatic carbocycles. The molecule has 9 heteroatoms. The lowest BCUT2D eigenvalue weighted by molar-refractivity contribution is 0.0523. The zero-order chi connectivity index (χ0) is 22.1. The van der Waals surface area contributed by atoms with Crippen molar-refractivity contribution in [2.45, 2.75) is 13.8 Å². The van der Waals surface area contributed by atoms with E-state index in [2.05, 4.69) is 0 Å². The summed E-state index contributed by atoms with van der Waals surface area (Å²) in [5, 5.41) is 0.691. The number of nitrogens with two attached hydrogens (primary N) is 1. The van der Waals surface area contributed by atoms with Gasteiger partial charge in [-0.3, -0.25) is 9.59 Å². The molecule has 9 nitrogen and oxygen atoms in total. The van der Waals surface area contributed by atoms with Crippen LogP contribution in [0.5, 0.6) is 0 Å². The van der Waals surface area contributed by atoms with Gasteiger partial charge in [-0.05, 0) is 38.1 Å². The fraction of sp³-hybridized carbons (Fsp3) is 0.318. The van der Waals surface area contributed by atoms with Crippen molar-refractivity contribution in [2.75, 3.05) is 43.5 Å². The number of rotatable bonds is 4. The first-order chi connectivity index (χ1) is 14.9. The molecule has 1 aromatic carbocycles. The van der Waals surface area contributed by atoms with Gasteiger partial charge in [0.2, 0.25) is 0 Å². The molecule has 1 fully saturated rings. The van der Waals surface area contributed by atoms with Gasteiger partial charge in [-0.2, -0.15) is 0 Å². The van der Waals surface area contributed by atoms with Gasteiger partial charge in [0.05, 0.1) is 24.1 Å². The van der Waals surface area contributed by atoms with Crippen LogP contribution in [0.25, 0.3) is 10.9 Å². The van der Waals surface area contributed by atoms with Crippen LogP contribution in [-0.4, -0.2) is 54.2 Å². The third-order valence-corrected chi connectivity index (χ3v) is 5.43. The average molecular weight is 424 g/mol. The van der Waals surface area contributed by atoms with Crippen LogP contribution >= 0.6 is 0 Å². The predicted octanol–water partition coefficient (Wildman–Crippen LogP) is 1.76. The fourth-order valence-corrected chi connectivity index (χ4v) is 3.92. The number of nitrogens with zero attached hydrogens (tertiary/aromatic N) is 3. The lowest BCUT2D eigenvalue weighted by Gasteiger charge is -2.37. The number of carbonyl (C=O) groups excluding carboxylic acids is 2. The normalized spacial score (nSPS) is 14.1. The summed E-state index contributed by atoms with van der Waals surface area (Å²) in [5.41, 5.74) is 1.28. The minimum atomic E-state index is -0.709. The molecule has 31 heavy (non-hydrogen) atoms. The van der Waals surface area contributed by atoms with Gasteiger partial charge in [0.25, 0.3) is 11.5 Å². The van der Waals surface area contributed by atoms with E-state index in [4.69, 9.17) is 15.0 Å². The molecule has 4 rings (SSSR count). The molecule has 0 spiro atoms. The van der Waals surface area contributed by atoms with Crippen molar-refractivity contribution in [1.29, 1.82) is 0 Å². The second-order valence-corrected chi connectivity index (χ2v) is 7.40. The zero-order valence-electron chi connectivity index (χ0n) is 17.5. The molecule has 1 aliphatic rings. The topological polar surface area (TPSA) is 111 Å². The number of aryl methyl sites for hydroxylation is 1. The van der Waals surface area contributed by atoms with E-state index < -0.39 is 11.5 Å². The summed E-state index contributed by atoms with van der Waals surface area (Å²) in [6.07, 6.45) is 1.46. The number of benzene rings is 1. The Labute approximate surface area is 178 Å². The van der Waals surface area contributed by atoms with Crippen LogP contribution in [0.2, 0.25) is 0 Å². The van der Waals surface area contributed by atoms with Gasteiger partial charge in [0.15, 0.2) is 11.3 Å². The summed E-state index contributed by atoms with van der Waals surface area (Å²) in [6.45, 7) is 5.47. The van der Waals surface area contributed by atoms with Crippen molar-refractivity contribution in [3.8, 4) is 0 Å². The quantitative estimate of drug-likeness (QED) is 0.502. The van der Waals surface area contributed by atoms with Crippen LogP contribution in [0.3, 0.4) is 0 Å². The van der Waals surface area contributed by atoms with Crippen molar-refractivity contribution >= 4 is 28.5 Å². The van der Waals surface area contributed by atoms with Crippen LogP contribution in [0, 0.1) is 6.92 Å². The summed E-state index contributed by atoms with van der Waals surface area (Å²) < 4.78 is 11.4. The third-order valence-electron chi connectivity index (χ3n) is 5.43. The zero-order valence-corrected chi connectivity index (χ0v) is 17.5. The molecule has 1 amide bonds. The van der Waals surface area contributed by atoms with E-state index in [1.165, 1.54) is 6.26 Å². The van der Waals surface area contributed by atoms with Gasteiger partial charge >= 0.3 is 5.97 Å². The molecule has 0 radical (unpaired) electrons. The molecule has 2 N–H and O–H groups in total. The number of nitrogen functional groups attached to an aromatic ring is 1. The minimum absolute atomic E-state index is 0.0896. The highest BCUT2D eigenvalue weighted by molar-refractivity contribution is 6.05. The first-order valence-electron chi connectivity index (χ1n) is 10.1. The number of hydrogen-bond acceptors (Lipinski definition) is 7. The Bertz CT molecular complexity index is 1190. The second-order valence-electron chi connectivity index (χ2n) is 7.40. The Kier molecular flexibility index (Phi) is 5.41. The first kappa shape index (κ1) is 20.5. The first-order valence-corrected chi connectivity index (χ1v) is 10.1. The minimum Gasteiger partial charge on any atom is -0.462 e. The molecule has 3 heterocycles. The maximum atomic E-state index is 13.0. The Balaban J connectivity index is 1.76. The number of esters is 1. The Morgan fingerprint density at radius 1 is 1.16 bits per heavy atom. The standard InChI is InChI=1S/C22H24N4O5/c1-3-30-22(29)18-19(15-13-14(2)6-7-16(15)26(23)21(18)28)24-8-10-25(11-9-24)20(27)17-5-4-12-31-17/h4-7,12-13H,3,8-11,23H2,1-2H3. The maximum absolute atomic E-state index is 13.0. The molecular weight excluding hydrogens is 400 g/mol. The molecule has 0 unspecified atom stereocenters. The number of fused-ring (bicyclic) bond motifs is 1. The van der Waals surface area contributed by atoms with Crippen LogP contribution in [0.15, 0.2) is 45.8 Å². The highest BCUT2D eigenvalue weighted by atomic mass is 16.5. The second kappa shape index (κ2) is 8.17. The molecule has 2 aromatic heterocycles. The highest BCUT2D eigenvalue weighted by Crippen LogP contribution is 2.31. The number of amides is 1. The van der Waals surface area contributed by atoms with E-state index in [-0.39, 0.29) is 23.8 Å². The van der Waals surface area contributed by atoms with E-state index in [9.17, 15) is 14.4 Å². The molecule has 1 aliphatic heterocycles. The van der Waals surface area contributed by atoms with Gasteiger partial charge in [-0.25, -0.2) is 9.47 Å². The van der Waals surface area contributed by atoms with Crippen molar-refractivity contribution in [1.82, 2.24) is 9.58 Å². The molecule has 3 aromatic rings. The summed E-state index contributed by atoms with van der Waals surface area (Å²) >= 11 is 0. The number of hydrogen-bond donors (Lipinski definition) is 1. The monoisotopic (exact) mass is 424 g/mol. The molecule has 1 saturated heterocycles. The van der Waals surface area contributed by atoms with Gasteiger partial charge in [-0.1, -0.05) is 11.6 Å². The number of piperazine rings is 1. The fourth-order valence-electron chi connectivity index (χ4n) is 3.92. The van der Waals surface area contributed by atoms with E-state index >= 15 is 0 Å². The van der Waals surface area contributed by atoms with Crippen LogP contribution in [-0.2, 0) is 4.74 Å². The van der Waals surface area contributed by atoms with E-state index in [0.717, 1.165) is 10.2 Å². The number of furan rings is 1. The van der Waals surface area contributed by atoms with E-state index in [0.29, 0.717) is 42.8 Å². The summed E-state index contributed by atoms with van der Waals surface area (Å²) in [6, 6.07) is 8.83. The molecule has 0 bridgehead atoms. The summed E-state index contributed by atoms with van der Waals surface area (Å²) in [5.74, 6) is 5.42. The van der Waals surface area contributed by atoms with Crippen LogP contribution in [0.1, 0.15) is 33.4 Å². The third kappa shape index (κ3) is 3.63. The molecule has 0 saturated carbocycles. The number of ether oxygens (including phenoxy) is 1. The Morgan fingerprint density at radius 2 is 1.90 bits per heavy atom. The van der Waals surface area contributed by atoms with Gasteiger partial charge < -0.3 is 24.8 Å². The number of pyridine rings is 1. The van der Waals surface area contributed by atoms with Gasteiger partial charge in [0.1, 0.15) is 0 Å². The molecular formula is C22H24N4O5. The Morgan fingerprint density at radius 3 is 2.55 bits per heavy atom. The maximum Gasteiger partial charge on any atom is 0.346 e. The predicted molar refractivity (Wildman–Crippen MR) is 116 cm³/mol. The van der Waals surface area contributed by atoms with Crippen LogP contribution < -0.4 is 16.3 Å². The van der Waals surface area contributed by atoms with Gasteiger partial charge in [0, 0.05) is 31.6 Å². The average Bonchev–Trinajstić information content (AvgIpc) is 3.30. The number of carbonyl (C=O) groups is 2. The number of aromatic nitrogens is 1. The van der Waals surface area contributed by atoms with Gasteiger partial charge in [-0.15, -0.1) is 0 Å². The van der Waals surface area contributed by atoms with E-state index in [1.807, 2.05) is 24.0 Å². The number of anilines is 1. The lowest BCUT2D eigenvalue weighted by Crippen LogP contribution is -2.50.